The summed E-state index contributed by atoms with van der Waals surface area (Å²) in [4.78, 5) is 0. The zero-order valence-electron chi connectivity index (χ0n) is 24.0. The fourth-order valence-corrected chi connectivity index (χ4v) is 5.02. The van der Waals surface area contributed by atoms with Crippen LogP contribution in [0.5, 0.6) is 0 Å². The molecule has 7 heteroatoms. The molecule has 0 amide bonds. The van der Waals surface area contributed by atoms with E-state index < -0.39 is 49.0 Å². The van der Waals surface area contributed by atoms with Gasteiger partial charge in [-0.05, 0) is 29.2 Å². The molecule has 0 fully saturated rings. The highest BCUT2D eigenvalue weighted by molar-refractivity contribution is 5.56. The maximum atomic E-state index is 12.9. The smallest absolute Gasteiger partial charge is 0.131 e. The van der Waals surface area contributed by atoms with Gasteiger partial charge in [0.25, 0.3) is 0 Å². The summed E-state index contributed by atoms with van der Waals surface area (Å²) in [6, 6.07) is 40.0. The minimum absolute atomic E-state index is 0.00256. The molecule has 0 heterocycles. The molecule has 0 aliphatic carbocycles. The van der Waals surface area contributed by atoms with Gasteiger partial charge < -0.3 is 35.4 Å². The fourth-order valence-electron chi connectivity index (χ4n) is 5.02. The van der Waals surface area contributed by atoms with Crippen LogP contribution in [-0.4, -0.2) is 76.4 Å². The van der Waals surface area contributed by atoms with Crippen molar-refractivity contribution < 1.29 is 35.4 Å². The monoisotopic (exact) mass is 574 g/mol. The zero-order chi connectivity index (χ0) is 30.5. The SMILES string of the molecule is CC(CO)OCC(O)(c1ccccc1)C(c1ccccc1)(c1ccccc1)c1ccccc1.OCC(CO)(CO)CO. The molecule has 0 spiro atoms. The zero-order valence-corrected chi connectivity index (χ0v) is 24.0. The lowest BCUT2D eigenvalue weighted by atomic mass is 9.57. The van der Waals surface area contributed by atoms with Crippen LogP contribution in [0.3, 0.4) is 0 Å². The average molecular weight is 575 g/mol. The molecular formula is C35H42O7. The summed E-state index contributed by atoms with van der Waals surface area (Å²) >= 11 is 0. The molecule has 0 aliphatic heterocycles. The van der Waals surface area contributed by atoms with E-state index in [0.29, 0.717) is 0 Å². The van der Waals surface area contributed by atoms with Gasteiger partial charge in [-0.25, -0.2) is 0 Å². The largest absolute Gasteiger partial charge is 0.396 e. The first kappa shape index (κ1) is 33.1. The fraction of sp³-hybridized carbons (Fsp3) is 0.314. The first-order valence-corrected chi connectivity index (χ1v) is 14.0. The van der Waals surface area contributed by atoms with Crippen molar-refractivity contribution in [2.24, 2.45) is 5.41 Å². The van der Waals surface area contributed by atoms with Gasteiger partial charge in [0, 0.05) is 0 Å². The Morgan fingerprint density at radius 1 is 0.524 bits per heavy atom. The third-order valence-electron chi connectivity index (χ3n) is 7.67. The van der Waals surface area contributed by atoms with E-state index in [0.717, 1.165) is 22.3 Å². The Morgan fingerprint density at radius 3 is 1.10 bits per heavy atom. The highest BCUT2D eigenvalue weighted by Crippen LogP contribution is 2.52. The lowest BCUT2D eigenvalue weighted by molar-refractivity contribution is -0.109. The highest BCUT2D eigenvalue weighted by atomic mass is 16.5. The van der Waals surface area contributed by atoms with Gasteiger partial charge in [0.05, 0.1) is 56.6 Å². The topological polar surface area (TPSA) is 131 Å². The molecule has 0 radical (unpaired) electrons. The predicted molar refractivity (Wildman–Crippen MR) is 163 cm³/mol. The van der Waals surface area contributed by atoms with Gasteiger partial charge in [-0.15, -0.1) is 0 Å². The van der Waals surface area contributed by atoms with Gasteiger partial charge in [0.2, 0.25) is 0 Å². The minimum Gasteiger partial charge on any atom is -0.396 e. The molecule has 224 valence electrons. The molecule has 2 unspecified atom stereocenters. The lowest BCUT2D eigenvalue weighted by Gasteiger charge is -2.49. The van der Waals surface area contributed by atoms with Crippen molar-refractivity contribution >= 4 is 0 Å². The van der Waals surface area contributed by atoms with E-state index in [1.165, 1.54) is 0 Å². The molecule has 0 saturated carbocycles. The summed E-state index contributed by atoms with van der Waals surface area (Å²) in [5.74, 6) is 0. The number of hydrogen-bond donors (Lipinski definition) is 6. The Kier molecular flexibility index (Phi) is 12.4. The van der Waals surface area contributed by atoms with E-state index in [4.69, 9.17) is 25.2 Å². The van der Waals surface area contributed by atoms with Crippen molar-refractivity contribution in [3.63, 3.8) is 0 Å². The van der Waals surface area contributed by atoms with Crippen LogP contribution < -0.4 is 0 Å². The van der Waals surface area contributed by atoms with Crippen LogP contribution in [0, 0.1) is 5.41 Å². The molecule has 0 aliphatic rings. The number of rotatable bonds is 13. The average Bonchev–Trinajstić information content (AvgIpc) is 3.07. The Balaban J connectivity index is 0.000000467. The Morgan fingerprint density at radius 2 is 0.833 bits per heavy atom. The molecule has 0 bridgehead atoms. The number of ether oxygens (including phenoxy) is 1. The number of benzene rings is 4. The summed E-state index contributed by atoms with van der Waals surface area (Å²) in [5, 5.41) is 56.5. The summed E-state index contributed by atoms with van der Waals surface area (Å²) in [6.07, 6.45) is -0.416. The number of aliphatic hydroxyl groups is 6. The summed E-state index contributed by atoms with van der Waals surface area (Å²) in [7, 11) is 0. The van der Waals surface area contributed by atoms with E-state index in [1.54, 1.807) is 6.92 Å². The number of hydrogen-bond acceptors (Lipinski definition) is 7. The first-order chi connectivity index (χ1) is 20.4. The molecule has 0 aromatic heterocycles. The molecule has 4 rings (SSSR count). The van der Waals surface area contributed by atoms with E-state index in [-0.39, 0.29) is 13.2 Å². The van der Waals surface area contributed by atoms with E-state index in [9.17, 15) is 10.2 Å². The van der Waals surface area contributed by atoms with Crippen LogP contribution in [0.2, 0.25) is 0 Å². The van der Waals surface area contributed by atoms with Gasteiger partial charge in [0.15, 0.2) is 0 Å². The normalized spacial score (nSPS) is 13.9. The third-order valence-corrected chi connectivity index (χ3v) is 7.67. The predicted octanol–water partition coefficient (Wildman–Crippen LogP) is 3.25. The van der Waals surface area contributed by atoms with Gasteiger partial charge >= 0.3 is 0 Å². The van der Waals surface area contributed by atoms with Crippen LogP contribution in [0.1, 0.15) is 29.2 Å². The van der Waals surface area contributed by atoms with Crippen LogP contribution in [0.25, 0.3) is 0 Å². The van der Waals surface area contributed by atoms with Crippen molar-refractivity contribution in [3.05, 3.63) is 144 Å². The van der Waals surface area contributed by atoms with Gasteiger partial charge in [-0.3, -0.25) is 0 Å². The van der Waals surface area contributed by atoms with Gasteiger partial charge in [-0.2, -0.15) is 0 Å². The molecule has 0 saturated heterocycles. The second-order valence-corrected chi connectivity index (χ2v) is 10.5. The third kappa shape index (κ3) is 6.97. The lowest BCUT2D eigenvalue weighted by Crippen LogP contribution is -2.54. The summed E-state index contributed by atoms with van der Waals surface area (Å²) < 4.78 is 6.08. The standard InChI is InChI=1S/C30H30O3.C5H12O4/c1-24(22-31)33-23-29(32,25-14-6-2-7-15-25)30(26-16-8-3-9-17-26,27-18-10-4-11-19-27)28-20-12-5-13-21-28;6-1-5(2-7,3-8)4-9/h2-21,24,31-32H,22-23H2,1H3;6-9H,1-4H2. The second kappa shape index (κ2) is 15.7. The van der Waals surface area contributed by atoms with Crippen molar-refractivity contribution in [2.75, 3.05) is 39.6 Å². The Labute approximate surface area is 248 Å². The van der Waals surface area contributed by atoms with Crippen molar-refractivity contribution in [2.45, 2.75) is 24.0 Å². The van der Waals surface area contributed by atoms with Crippen molar-refractivity contribution in [1.82, 2.24) is 0 Å². The molecular weight excluding hydrogens is 532 g/mol. The van der Waals surface area contributed by atoms with Crippen molar-refractivity contribution in [1.29, 1.82) is 0 Å². The van der Waals surface area contributed by atoms with Crippen LogP contribution in [0.4, 0.5) is 0 Å². The highest BCUT2D eigenvalue weighted by Gasteiger charge is 2.55. The Hall–Kier alpha value is -3.40. The minimum atomic E-state index is -1.48. The van der Waals surface area contributed by atoms with Gasteiger partial charge in [-0.1, -0.05) is 121 Å². The maximum absolute atomic E-state index is 12.9. The van der Waals surface area contributed by atoms with Crippen LogP contribution in [0.15, 0.2) is 121 Å². The van der Waals surface area contributed by atoms with E-state index in [2.05, 4.69) is 36.4 Å². The summed E-state index contributed by atoms with van der Waals surface area (Å²) in [5.41, 5.74) is 0.0263. The van der Waals surface area contributed by atoms with Crippen molar-refractivity contribution in [3.8, 4) is 0 Å². The maximum Gasteiger partial charge on any atom is 0.131 e. The second-order valence-electron chi connectivity index (χ2n) is 10.5. The molecule has 6 N–H and O–H groups in total. The molecule has 4 aromatic rings. The Bertz CT molecular complexity index is 1170. The molecule has 7 nitrogen and oxygen atoms in total. The van der Waals surface area contributed by atoms with Gasteiger partial charge in [0.1, 0.15) is 5.60 Å². The quantitative estimate of drug-likeness (QED) is 0.135. The summed E-state index contributed by atoms with van der Waals surface area (Å²) in [6.45, 7) is 0.0535. The molecule has 4 aromatic carbocycles. The van der Waals surface area contributed by atoms with Crippen LogP contribution in [-0.2, 0) is 15.8 Å². The molecule has 2 atom stereocenters. The van der Waals surface area contributed by atoms with E-state index >= 15 is 0 Å². The first-order valence-electron chi connectivity index (χ1n) is 14.0. The van der Waals surface area contributed by atoms with Crippen LogP contribution >= 0.6 is 0 Å². The molecule has 42 heavy (non-hydrogen) atoms. The van der Waals surface area contributed by atoms with E-state index in [1.807, 2.05) is 84.9 Å². The number of aliphatic hydroxyl groups excluding tert-OH is 5.